The van der Waals surface area contributed by atoms with Gasteiger partial charge in [0.15, 0.2) is 0 Å². The van der Waals surface area contributed by atoms with Crippen LogP contribution in [0.25, 0.3) is 22.4 Å². The molecule has 4 nitrogen and oxygen atoms in total. The third kappa shape index (κ3) is 4.53. The average molecular weight is 380 g/mol. The van der Waals surface area contributed by atoms with Crippen molar-refractivity contribution in [1.29, 1.82) is 0 Å². The highest BCUT2D eigenvalue weighted by Crippen LogP contribution is 2.23. The van der Waals surface area contributed by atoms with Gasteiger partial charge in [-0.05, 0) is 18.1 Å². The van der Waals surface area contributed by atoms with E-state index in [1.54, 1.807) is 0 Å². The molecule has 0 saturated carbocycles. The van der Waals surface area contributed by atoms with E-state index in [4.69, 9.17) is 9.72 Å². The van der Waals surface area contributed by atoms with Crippen molar-refractivity contribution in [3.8, 4) is 11.4 Å². The fourth-order valence-corrected chi connectivity index (χ4v) is 3.13. The number of benzene rings is 2. The molecule has 4 rings (SSSR count). The van der Waals surface area contributed by atoms with E-state index in [1.165, 1.54) is 5.56 Å². The predicted octanol–water partition coefficient (Wildman–Crippen LogP) is 3.95. The number of halogens is 2. The average Bonchev–Trinajstić information content (AvgIpc) is 3.06. The molecule has 0 unspecified atom stereocenters. The number of nitrogens with one attached hydrogen (secondary N) is 1. The van der Waals surface area contributed by atoms with Crippen molar-refractivity contribution in [2.75, 3.05) is 32.8 Å². The van der Waals surface area contributed by atoms with Crippen LogP contribution in [-0.4, -0.2) is 47.7 Å². The Kier molecular flexibility index (Phi) is 7.26. The van der Waals surface area contributed by atoms with Gasteiger partial charge in [-0.25, -0.2) is 4.98 Å². The summed E-state index contributed by atoms with van der Waals surface area (Å²) in [6.45, 7) is 4.84. The lowest BCUT2D eigenvalue weighted by atomic mass is 10.1. The van der Waals surface area contributed by atoms with Crippen LogP contribution in [0.5, 0.6) is 0 Å². The van der Waals surface area contributed by atoms with Crippen LogP contribution in [0.3, 0.4) is 0 Å². The second kappa shape index (κ2) is 9.20. The first-order chi connectivity index (χ1) is 11.4. The zero-order valence-corrected chi connectivity index (χ0v) is 15.6. The standard InChI is InChI=1S/C19H21N3O.2ClH/c1-2-5-16(6-3-1)19-20-17-8-4-7-15(18(17)21-19)9-10-22-11-13-23-14-12-22;;/h1-8H,9-14H2,(H,20,21);2*1H. The van der Waals surface area contributed by atoms with E-state index < -0.39 is 0 Å². The molecule has 2 aromatic carbocycles. The number of H-pyrrole nitrogens is 1. The number of morpholine rings is 1. The zero-order valence-electron chi connectivity index (χ0n) is 14.0. The molecule has 1 fully saturated rings. The quantitative estimate of drug-likeness (QED) is 0.745. The van der Waals surface area contributed by atoms with E-state index in [0.717, 1.165) is 61.7 Å². The molecular formula is C19H23Cl2N3O. The van der Waals surface area contributed by atoms with Crippen LogP contribution in [0.2, 0.25) is 0 Å². The van der Waals surface area contributed by atoms with Crippen molar-refractivity contribution in [2.45, 2.75) is 6.42 Å². The minimum atomic E-state index is 0. The molecule has 1 saturated heterocycles. The minimum absolute atomic E-state index is 0. The van der Waals surface area contributed by atoms with E-state index in [0.29, 0.717) is 0 Å². The second-order valence-corrected chi connectivity index (χ2v) is 5.97. The Bertz CT molecular complexity index is 786. The third-order valence-corrected chi connectivity index (χ3v) is 4.44. The molecule has 0 radical (unpaired) electrons. The second-order valence-electron chi connectivity index (χ2n) is 5.97. The van der Waals surface area contributed by atoms with Crippen molar-refractivity contribution in [3.63, 3.8) is 0 Å². The number of hydrogen-bond acceptors (Lipinski definition) is 3. The normalized spacial score (nSPS) is 14.7. The molecule has 0 amide bonds. The molecule has 0 spiro atoms. The molecule has 1 aliphatic rings. The Labute approximate surface area is 160 Å². The highest BCUT2D eigenvalue weighted by Gasteiger charge is 2.12. The Morgan fingerprint density at radius 2 is 1.72 bits per heavy atom. The molecule has 134 valence electrons. The first kappa shape index (κ1) is 19.7. The maximum Gasteiger partial charge on any atom is 0.138 e. The van der Waals surface area contributed by atoms with Crippen LogP contribution < -0.4 is 0 Å². The largest absolute Gasteiger partial charge is 0.379 e. The summed E-state index contributed by atoms with van der Waals surface area (Å²) in [5.74, 6) is 0.944. The molecule has 0 aliphatic carbocycles. The van der Waals surface area contributed by atoms with Crippen molar-refractivity contribution in [2.24, 2.45) is 0 Å². The number of imidazole rings is 1. The summed E-state index contributed by atoms with van der Waals surface area (Å²) in [6, 6.07) is 16.7. The van der Waals surface area contributed by atoms with Gasteiger partial charge in [0.05, 0.1) is 24.2 Å². The van der Waals surface area contributed by atoms with Crippen molar-refractivity contribution in [1.82, 2.24) is 14.9 Å². The number of nitrogens with zero attached hydrogens (tertiary/aromatic N) is 2. The minimum Gasteiger partial charge on any atom is -0.379 e. The molecule has 3 aromatic rings. The van der Waals surface area contributed by atoms with Gasteiger partial charge >= 0.3 is 0 Å². The number of aromatic nitrogens is 2. The van der Waals surface area contributed by atoms with Gasteiger partial charge < -0.3 is 9.72 Å². The van der Waals surface area contributed by atoms with Crippen LogP contribution in [0, 0.1) is 0 Å². The summed E-state index contributed by atoms with van der Waals surface area (Å²) in [7, 11) is 0. The summed E-state index contributed by atoms with van der Waals surface area (Å²) < 4.78 is 5.42. The molecule has 1 aromatic heterocycles. The van der Waals surface area contributed by atoms with E-state index in [9.17, 15) is 0 Å². The maximum absolute atomic E-state index is 5.42. The van der Waals surface area contributed by atoms with Gasteiger partial charge in [-0.2, -0.15) is 0 Å². The van der Waals surface area contributed by atoms with E-state index in [2.05, 4.69) is 40.2 Å². The first-order valence-corrected chi connectivity index (χ1v) is 8.23. The number of rotatable bonds is 4. The highest BCUT2D eigenvalue weighted by atomic mass is 35.5. The van der Waals surface area contributed by atoms with Crippen molar-refractivity contribution >= 4 is 35.8 Å². The van der Waals surface area contributed by atoms with Gasteiger partial charge in [-0.1, -0.05) is 42.5 Å². The van der Waals surface area contributed by atoms with Crippen LogP contribution in [0.4, 0.5) is 0 Å². The lowest BCUT2D eigenvalue weighted by molar-refractivity contribution is 0.0385. The lowest BCUT2D eigenvalue weighted by Crippen LogP contribution is -2.37. The summed E-state index contributed by atoms with van der Waals surface area (Å²) >= 11 is 0. The number of para-hydroxylation sites is 1. The number of hydrogen-bond donors (Lipinski definition) is 1. The van der Waals surface area contributed by atoms with Crippen molar-refractivity contribution < 1.29 is 4.74 Å². The summed E-state index contributed by atoms with van der Waals surface area (Å²) in [5, 5.41) is 0. The Morgan fingerprint density at radius 1 is 0.960 bits per heavy atom. The van der Waals surface area contributed by atoms with Crippen LogP contribution in [0.15, 0.2) is 48.5 Å². The maximum atomic E-state index is 5.42. The Morgan fingerprint density at radius 3 is 2.48 bits per heavy atom. The number of fused-ring (bicyclic) bond motifs is 1. The topological polar surface area (TPSA) is 41.2 Å². The summed E-state index contributed by atoms with van der Waals surface area (Å²) in [5.41, 5.74) is 4.65. The van der Waals surface area contributed by atoms with E-state index in [-0.39, 0.29) is 24.8 Å². The molecule has 1 N–H and O–H groups in total. The Hall–Kier alpha value is -1.59. The fourth-order valence-electron chi connectivity index (χ4n) is 3.13. The first-order valence-electron chi connectivity index (χ1n) is 8.23. The fraction of sp³-hybridized carbons (Fsp3) is 0.316. The SMILES string of the molecule is Cl.Cl.c1ccc(-c2nc3c(CCN4CCOCC4)cccc3[nH]2)cc1. The van der Waals surface area contributed by atoms with Crippen LogP contribution in [-0.2, 0) is 11.2 Å². The molecule has 0 bridgehead atoms. The van der Waals surface area contributed by atoms with Gasteiger partial charge in [0.2, 0.25) is 0 Å². The Balaban J connectivity index is 0.00000113. The van der Waals surface area contributed by atoms with Gasteiger partial charge in [0.1, 0.15) is 5.82 Å². The van der Waals surface area contributed by atoms with Gasteiger partial charge in [0, 0.05) is 25.2 Å². The van der Waals surface area contributed by atoms with Crippen molar-refractivity contribution in [3.05, 3.63) is 54.1 Å². The highest BCUT2D eigenvalue weighted by molar-refractivity contribution is 5.85. The summed E-state index contributed by atoms with van der Waals surface area (Å²) in [6.07, 6.45) is 1.02. The predicted molar refractivity (Wildman–Crippen MR) is 107 cm³/mol. The van der Waals surface area contributed by atoms with Crippen LogP contribution >= 0.6 is 24.8 Å². The summed E-state index contributed by atoms with van der Waals surface area (Å²) in [4.78, 5) is 10.8. The zero-order chi connectivity index (χ0) is 15.5. The van der Waals surface area contributed by atoms with E-state index in [1.807, 2.05) is 18.2 Å². The molecule has 1 aliphatic heterocycles. The molecule has 0 atom stereocenters. The van der Waals surface area contributed by atoms with Gasteiger partial charge in [-0.3, -0.25) is 4.90 Å². The monoisotopic (exact) mass is 379 g/mol. The lowest BCUT2D eigenvalue weighted by Gasteiger charge is -2.26. The number of ether oxygens (including phenoxy) is 1. The molecular weight excluding hydrogens is 357 g/mol. The molecule has 2 heterocycles. The smallest absolute Gasteiger partial charge is 0.138 e. The van der Waals surface area contributed by atoms with E-state index >= 15 is 0 Å². The number of aromatic amines is 1. The van der Waals surface area contributed by atoms with Gasteiger partial charge in [0.25, 0.3) is 0 Å². The van der Waals surface area contributed by atoms with Gasteiger partial charge in [-0.15, -0.1) is 24.8 Å². The third-order valence-electron chi connectivity index (χ3n) is 4.44. The van der Waals surface area contributed by atoms with Crippen LogP contribution in [0.1, 0.15) is 5.56 Å². The molecule has 25 heavy (non-hydrogen) atoms. The molecule has 6 heteroatoms.